The zero-order valence-electron chi connectivity index (χ0n) is 14.5. The molecule has 5 nitrogen and oxygen atoms in total. The molecule has 2 rings (SSSR count). The summed E-state index contributed by atoms with van der Waals surface area (Å²) < 4.78 is 24.2. The molecule has 0 aliphatic rings. The Balaban J connectivity index is 1.94. The lowest BCUT2D eigenvalue weighted by molar-refractivity contribution is 0.0953. The summed E-state index contributed by atoms with van der Waals surface area (Å²) in [5, 5.41) is 3.72. The Kier molecular flexibility index (Phi) is 6.92. The van der Waals surface area contributed by atoms with E-state index in [2.05, 4.69) is 5.32 Å². The van der Waals surface area contributed by atoms with Crippen molar-refractivity contribution < 1.29 is 13.2 Å². The van der Waals surface area contributed by atoms with Gasteiger partial charge in [-0.1, -0.05) is 41.4 Å². The van der Waals surface area contributed by atoms with E-state index in [1.54, 1.807) is 6.07 Å². The van der Waals surface area contributed by atoms with Crippen LogP contribution in [0.1, 0.15) is 22.3 Å². The molecule has 0 unspecified atom stereocenters. The van der Waals surface area contributed by atoms with E-state index < -0.39 is 10.0 Å². The first kappa shape index (κ1) is 20.6. The molecule has 26 heavy (non-hydrogen) atoms. The number of amides is 1. The van der Waals surface area contributed by atoms with Gasteiger partial charge in [0.05, 0.1) is 22.5 Å². The van der Waals surface area contributed by atoms with Crippen LogP contribution in [0.15, 0.2) is 42.5 Å². The van der Waals surface area contributed by atoms with Gasteiger partial charge in [0, 0.05) is 18.6 Å². The Labute approximate surface area is 164 Å². The van der Waals surface area contributed by atoms with Gasteiger partial charge in [-0.15, -0.1) is 0 Å². The molecule has 140 valence electrons. The molecule has 0 aromatic heterocycles. The number of carbonyl (C=O) groups excluding carboxylic acids is 1. The smallest absolute Gasteiger partial charge is 0.252 e. The lowest BCUT2D eigenvalue weighted by atomic mass is 10.1. The van der Waals surface area contributed by atoms with Gasteiger partial charge in [0.25, 0.3) is 5.91 Å². The zero-order valence-corrected chi connectivity index (χ0v) is 16.8. The monoisotopic (exact) mass is 414 g/mol. The highest BCUT2D eigenvalue weighted by atomic mass is 35.5. The Morgan fingerprint density at radius 2 is 1.81 bits per heavy atom. The van der Waals surface area contributed by atoms with Crippen molar-refractivity contribution in [3.8, 4) is 0 Å². The number of carbonyl (C=O) groups is 1. The minimum absolute atomic E-state index is 0.196. The first-order chi connectivity index (χ1) is 12.2. The third-order valence-electron chi connectivity index (χ3n) is 3.92. The molecule has 0 radical (unpaired) electrons. The maximum Gasteiger partial charge on any atom is 0.252 e. The topological polar surface area (TPSA) is 66.5 Å². The number of aryl methyl sites for hydroxylation is 1. The van der Waals surface area contributed by atoms with Crippen LogP contribution in [0.3, 0.4) is 0 Å². The molecule has 0 heterocycles. The number of nitrogens with one attached hydrogen (secondary N) is 1. The summed E-state index contributed by atoms with van der Waals surface area (Å²) in [5.74, 6) is -0.303. The summed E-state index contributed by atoms with van der Waals surface area (Å²) in [6.07, 6.45) is 2.59. The van der Waals surface area contributed by atoms with Crippen LogP contribution in [0.5, 0.6) is 0 Å². The van der Waals surface area contributed by atoms with Crippen molar-refractivity contribution in [1.29, 1.82) is 0 Å². The van der Waals surface area contributed by atoms with Crippen LogP contribution in [-0.2, 0) is 16.4 Å². The van der Waals surface area contributed by atoms with E-state index in [-0.39, 0.29) is 10.9 Å². The van der Waals surface area contributed by atoms with Crippen molar-refractivity contribution in [2.45, 2.75) is 12.8 Å². The van der Waals surface area contributed by atoms with Gasteiger partial charge >= 0.3 is 0 Å². The van der Waals surface area contributed by atoms with Gasteiger partial charge in [-0.25, -0.2) is 8.42 Å². The van der Waals surface area contributed by atoms with Crippen LogP contribution in [0, 0.1) is 0 Å². The Morgan fingerprint density at radius 3 is 2.42 bits per heavy atom. The molecule has 0 saturated carbocycles. The zero-order chi connectivity index (χ0) is 19.3. The normalized spacial score (nSPS) is 11.2. The van der Waals surface area contributed by atoms with Crippen molar-refractivity contribution in [3.05, 3.63) is 63.6 Å². The molecule has 2 aromatic rings. The molecule has 1 amide bonds. The summed E-state index contributed by atoms with van der Waals surface area (Å²) in [5.41, 5.74) is 1.73. The second-order valence-electron chi connectivity index (χ2n) is 5.85. The van der Waals surface area contributed by atoms with E-state index in [0.717, 1.165) is 29.0 Å². The number of anilines is 1. The van der Waals surface area contributed by atoms with Crippen LogP contribution >= 0.6 is 23.2 Å². The molecule has 2 aromatic carbocycles. The largest absolute Gasteiger partial charge is 0.352 e. The van der Waals surface area contributed by atoms with E-state index in [4.69, 9.17) is 23.2 Å². The summed E-state index contributed by atoms with van der Waals surface area (Å²) in [7, 11) is -1.96. The Bertz CT molecular complexity index is 901. The molecule has 0 atom stereocenters. The summed E-state index contributed by atoms with van der Waals surface area (Å²) >= 11 is 12.3. The van der Waals surface area contributed by atoms with Gasteiger partial charge < -0.3 is 5.32 Å². The molecule has 8 heteroatoms. The summed E-state index contributed by atoms with van der Waals surface area (Å²) in [4.78, 5) is 12.3. The maximum absolute atomic E-state index is 12.3. The second kappa shape index (κ2) is 8.75. The molecular formula is C18H20Cl2N2O3S. The van der Waals surface area contributed by atoms with Gasteiger partial charge in [0.1, 0.15) is 0 Å². The first-order valence-electron chi connectivity index (χ1n) is 7.95. The summed E-state index contributed by atoms with van der Waals surface area (Å²) in [6, 6.07) is 12.1. The SMILES string of the molecule is CN(c1ccc(C(=O)NCCCc2ccccc2Cl)c(Cl)c1)S(C)(=O)=O. The summed E-state index contributed by atoms with van der Waals surface area (Å²) in [6.45, 7) is 0.478. The minimum Gasteiger partial charge on any atom is -0.352 e. The lowest BCUT2D eigenvalue weighted by Gasteiger charge is -2.17. The third kappa shape index (κ3) is 5.37. The van der Waals surface area contributed by atoms with Crippen LogP contribution < -0.4 is 9.62 Å². The average molecular weight is 415 g/mol. The highest BCUT2D eigenvalue weighted by molar-refractivity contribution is 7.92. The molecule has 0 saturated heterocycles. The predicted molar refractivity (Wildman–Crippen MR) is 107 cm³/mol. The van der Waals surface area contributed by atoms with Gasteiger partial charge in [-0.3, -0.25) is 9.10 Å². The van der Waals surface area contributed by atoms with Gasteiger partial charge in [-0.05, 0) is 42.7 Å². The van der Waals surface area contributed by atoms with Crippen LogP contribution in [0.4, 0.5) is 5.69 Å². The fraction of sp³-hybridized carbons (Fsp3) is 0.278. The van der Waals surface area contributed by atoms with E-state index >= 15 is 0 Å². The van der Waals surface area contributed by atoms with Gasteiger partial charge in [0.2, 0.25) is 10.0 Å². The quantitative estimate of drug-likeness (QED) is 0.701. The molecule has 0 aliphatic heterocycles. The number of sulfonamides is 1. The van der Waals surface area contributed by atoms with Crippen LogP contribution in [0.25, 0.3) is 0 Å². The number of rotatable bonds is 7. The Morgan fingerprint density at radius 1 is 1.12 bits per heavy atom. The van der Waals surface area contributed by atoms with Gasteiger partial charge in [0.15, 0.2) is 0 Å². The molecule has 0 fully saturated rings. The van der Waals surface area contributed by atoms with Crippen molar-refractivity contribution in [1.82, 2.24) is 5.32 Å². The minimum atomic E-state index is -3.39. The predicted octanol–water partition coefficient (Wildman–Crippen LogP) is 3.75. The second-order valence-corrected chi connectivity index (χ2v) is 8.67. The molecule has 0 spiro atoms. The van der Waals surface area contributed by atoms with Gasteiger partial charge in [-0.2, -0.15) is 0 Å². The van der Waals surface area contributed by atoms with E-state index in [1.165, 1.54) is 19.2 Å². The molecule has 1 N–H and O–H groups in total. The van der Waals surface area contributed by atoms with E-state index in [9.17, 15) is 13.2 Å². The standard InChI is InChI=1S/C18H20Cl2N2O3S/c1-22(26(2,24)25)14-9-10-15(17(20)12-14)18(23)21-11-5-7-13-6-3-4-8-16(13)19/h3-4,6,8-10,12H,5,7,11H2,1-2H3,(H,21,23). The van der Waals surface area contributed by atoms with Crippen molar-refractivity contribution in [2.24, 2.45) is 0 Å². The average Bonchev–Trinajstić information content (AvgIpc) is 2.58. The van der Waals surface area contributed by atoms with Crippen molar-refractivity contribution >= 4 is 44.8 Å². The lowest BCUT2D eigenvalue weighted by Crippen LogP contribution is -2.26. The van der Waals surface area contributed by atoms with Crippen LogP contribution in [-0.4, -0.2) is 34.2 Å². The Hall–Kier alpha value is -1.76. The number of hydrogen-bond acceptors (Lipinski definition) is 3. The number of nitrogens with zero attached hydrogens (tertiary/aromatic N) is 1. The first-order valence-corrected chi connectivity index (χ1v) is 10.6. The number of benzene rings is 2. The van der Waals surface area contributed by atoms with E-state index in [0.29, 0.717) is 22.8 Å². The molecule has 0 bridgehead atoms. The maximum atomic E-state index is 12.3. The van der Waals surface area contributed by atoms with Crippen molar-refractivity contribution in [3.63, 3.8) is 0 Å². The third-order valence-corrected chi connectivity index (χ3v) is 5.81. The highest BCUT2D eigenvalue weighted by Gasteiger charge is 2.16. The fourth-order valence-corrected chi connectivity index (χ4v) is 3.34. The molecular weight excluding hydrogens is 395 g/mol. The van der Waals surface area contributed by atoms with Crippen LogP contribution in [0.2, 0.25) is 10.0 Å². The fourth-order valence-electron chi connectivity index (χ4n) is 2.35. The number of hydrogen-bond donors (Lipinski definition) is 1. The number of halogens is 2. The highest BCUT2D eigenvalue weighted by Crippen LogP contribution is 2.24. The molecule has 0 aliphatic carbocycles. The van der Waals surface area contributed by atoms with E-state index in [1.807, 2.05) is 24.3 Å². The van der Waals surface area contributed by atoms with Crippen molar-refractivity contribution in [2.75, 3.05) is 24.2 Å².